The quantitative estimate of drug-likeness (QED) is 0.765. The van der Waals surface area contributed by atoms with Crippen LogP contribution in [-0.4, -0.2) is 31.3 Å². The molecule has 1 aromatic rings. The third-order valence-electron chi connectivity index (χ3n) is 3.10. The number of hydrogen-bond donors (Lipinski definition) is 1. The van der Waals surface area contributed by atoms with Crippen LogP contribution in [-0.2, 0) is 20.7 Å². The van der Waals surface area contributed by atoms with Gasteiger partial charge >= 0.3 is 5.97 Å². The molecule has 106 valence electrons. The molecule has 2 N–H and O–H groups in total. The van der Waals surface area contributed by atoms with Crippen LogP contribution in [0.3, 0.4) is 0 Å². The summed E-state index contributed by atoms with van der Waals surface area (Å²) in [6, 6.07) is 9.05. The fraction of sp³-hybridized carbons (Fsp3) is 0.533. The van der Waals surface area contributed by atoms with Gasteiger partial charge in [-0.3, -0.25) is 4.79 Å². The highest BCUT2D eigenvalue weighted by Gasteiger charge is 2.19. The Labute approximate surface area is 114 Å². The largest absolute Gasteiger partial charge is 0.464 e. The average molecular weight is 265 g/mol. The smallest absolute Gasteiger partial charge is 0.323 e. The lowest BCUT2D eigenvalue weighted by Gasteiger charge is -2.22. The lowest BCUT2D eigenvalue weighted by Crippen LogP contribution is -2.35. The summed E-state index contributed by atoms with van der Waals surface area (Å²) in [6.07, 6.45) is 1.14. The van der Waals surface area contributed by atoms with Crippen LogP contribution >= 0.6 is 0 Å². The van der Waals surface area contributed by atoms with Crippen LogP contribution in [0.4, 0.5) is 0 Å². The highest BCUT2D eigenvalue weighted by atomic mass is 16.5. The molecule has 0 unspecified atom stereocenters. The molecule has 0 spiro atoms. The molecule has 0 aliphatic rings. The standard InChI is InChI=1S/C15H23NO3/c1-15(2,18-3)9-10-19-14(17)13(16)11-12-7-5-4-6-8-12/h4-8,13H,9-11,16H2,1-3H3/t13-/m1/s1. The Bertz CT molecular complexity index is 390. The van der Waals surface area contributed by atoms with Crippen molar-refractivity contribution >= 4 is 5.97 Å². The van der Waals surface area contributed by atoms with Gasteiger partial charge in [-0.2, -0.15) is 0 Å². The molecule has 1 aromatic carbocycles. The Balaban J connectivity index is 2.33. The zero-order chi connectivity index (χ0) is 14.3. The molecule has 0 aliphatic heterocycles. The van der Waals surface area contributed by atoms with E-state index in [1.807, 2.05) is 44.2 Å². The molecular weight excluding hydrogens is 242 g/mol. The molecule has 0 fully saturated rings. The third-order valence-corrected chi connectivity index (χ3v) is 3.10. The van der Waals surface area contributed by atoms with E-state index in [2.05, 4.69) is 0 Å². The summed E-state index contributed by atoms with van der Waals surface area (Å²) in [5.41, 5.74) is 6.57. The van der Waals surface area contributed by atoms with Crippen LogP contribution in [0.1, 0.15) is 25.8 Å². The van der Waals surface area contributed by atoms with E-state index in [1.165, 1.54) is 0 Å². The molecule has 0 radical (unpaired) electrons. The Morgan fingerprint density at radius 3 is 2.53 bits per heavy atom. The van der Waals surface area contributed by atoms with Crippen molar-refractivity contribution in [3.05, 3.63) is 35.9 Å². The van der Waals surface area contributed by atoms with E-state index < -0.39 is 6.04 Å². The first-order chi connectivity index (χ1) is 8.94. The minimum atomic E-state index is -0.618. The Hall–Kier alpha value is -1.39. The van der Waals surface area contributed by atoms with Gasteiger partial charge in [0.1, 0.15) is 6.04 Å². The number of carbonyl (C=O) groups is 1. The van der Waals surface area contributed by atoms with Crippen molar-refractivity contribution in [2.45, 2.75) is 38.3 Å². The summed E-state index contributed by atoms with van der Waals surface area (Å²) in [5.74, 6) is -0.365. The molecule has 4 heteroatoms. The minimum absolute atomic E-state index is 0.288. The van der Waals surface area contributed by atoms with Crippen LogP contribution in [0.25, 0.3) is 0 Å². The second kappa shape index (κ2) is 7.26. The zero-order valence-corrected chi connectivity index (χ0v) is 11.9. The van der Waals surface area contributed by atoms with Crippen molar-refractivity contribution < 1.29 is 14.3 Å². The Morgan fingerprint density at radius 2 is 1.95 bits per heavy atom. The first-order valence-electron chi connectivity index (χ1n) is 6.46. The summed E-state index contributed by atoms with van der Waals surface area (Å²) >= 11 is 0. The normalized spacial score (nSPS) is 13.1. The molecule has 4 nitrogen and oxygen atoms in total. The fourth-order valence-electron chi connectivity index (χ4n) is 1.56. The topological polar surface area (TPSA) is 61.5 Å². The summed E-state index contributed by atoms with van der Waals surface area (Å²) in [6.45, 7) is 4.22. The van der Waals surface area contributed by atoms with Crippen LogP contribution in [0, 0.1) is 0 Å². The number of hydrogen-bond acceptors (Lipinski definition) is 4. The van der Waals surface area contributed by atoms with E-state index in [0.717, 1.165) is 5.56 Å². The molecule has 0 bridgehead atoms. The van der Waals surface area contributed by atoms with Gasteiger partial charge in [0.2, 0.25) is 0 Å². The maximum atomic E-state index is 11.7. The van der Waals surface area contributed by atoms with Gasteiger partial charge in [0.15, 0.2) is 0 Å². The van der Waals surface area contributed by atoms with Crippen molar-refractivity contribution in [3.8, 4) is 0 Å². The average Bonchev–Trinajstić information content (AvgIpc) is 2.39. The predicted molar refractivity (Wildman–Crippen MR) is 74.8 cm³/mol. The van der Waals surface area contributed by atoms with E-state index >= 15 is 0 Å². The van der Waals surface area contributed by atoms with Gasteiger partial charge in [-0.25, -0.2) is 0 Å². The van der Waals surface area contributed by atoms with Crippen LogP contribution < -0.4 is 5.73 Å². The summed E-state index contributed by atoms with van der Waals surface area (Å²) in [7, 11) is 1.64. The number of carbonyl (C=O) groups excluding carboxylic acids is 1. The van der Waals surface area contributed by atoms with E-state index in [1.54, 1.807) is 7.11 Å². The second-order valence-corrected chi connectivity index (χ2v) is 5.18. The van der Waals surface area contributed by atoms with Gasteiger partial charge in [-0.05, 0) is 25.8 Å². The molecule has 1 rings (SSSR count). The highest BCUT2D eigenvalue weighted by molar-refractivity contribution is 5.75. The summed E-state index contributed by atoms with van der Waals surface area (Å²) in [5, 5.41) is 0. The van der Waals surface area contributed by atoms with Gasteiger partial charge in [0.25, 0.3) is 0 Å². The molecule has 0 amide bonds. The third kappa shape index (κ3) is 5.85. The number of rotatable bonds is 7. The maximum Gasteiger partial charge on any atom is 0.323 e. The Kier molecular flexibility index (Phi) is 5.99. The van der Waals surface area contributed by atoms with Crippen molar-refractivity contribution in [2.75, 3.05) is 13.7 Å². The lowest BCUT2D eigenvalue weighted by atomic mass is 10.1. The van der Waals surface area contributed by atoms with Crippen molar-refractivity contribution in [1.29, 1.82) is 0 Å². The van der Waals surface area contributed by atoms with Gasteiger partial charge in [0.05, 0.1) is 12.2 Å². The predicted octanol–water partition coefficient (Wildman–Crippen LogP) is 1.91. The second-order valence-electron chi connectivity index (χ2n) is 5.18. The molecule has 0 saturated heterocycles. The minimum Gasteiger partial charge on any atom is -0.464 e. The number of esters is 1. The van der Waals surface area contributed by atoms with Gasteiger partial charge in [0, 0.05) is 13.5 Å². The van der Waals surface area contributed by atoms with E-state index in [0.29, 0.717) is 19.4 Å². The number of nitrogens with two attached hydrogens (primary N) is 1. The van der Waals surface area contributed by atoms with E-state index in [-0.39, 0.29) is 11.6 Å². The molecule has 0 heterocycles. The van der Waals surface area contributed by atoms with Crippen molar-refractivity contribution in [2.24, 2.45) is 5.73 Å². The first kappa shape index (κ1) is 15.7. The number of methoxy groups -OCH3 is 1. The van der Waals surface area contributed by atoms with Crippen LogP contribution in [0.15, 0.2) is 30.3 Å². The van der Waals surface area contributed by atoms with Gasteiger partial charge in [-0.1, -0.05) is 30.3 Å². The zero-order valence-electron chi connectivity index (χ0n) is 11.9. The van der Waals surface area contributed by atoms with Gasteiger partial charge in [-0.15, -0.1) is 0 Å². The monoisotopic (exact) mass is 265 g/mol. The fourth-order valence-corrected chi connectivity index (χ4v) is 1.56. The number of benzene rings is 1. The molecule has 0 aromatic heterocycles. The molecular formula is C15H23NO3. The molecule has 19 heavy (non-hydrogen) atoms. The van der Waals surface area contributed by atoms with Crippen molar-refractivity contribution in [1.82, 2.24) is 0 Å². The Morgan fingerprint density at radius 1 is 1.32 bits per heavy atom. The van der Waals surface area contributed by atoms with Crippen LogP contribution in [0.2, 0.25) is 0 Å². The summed E-state index contributed by atoms with van der Waals surface area (Å²) < 4.78 is 10.4. The molecule has 1 atom stereocenters. The first-order valence-corrected chi connectivity index (χ1v) is 6.46. The number of ether oxygens (including phenoxy) is 2. The van der Waals surface area contributed by atoms with Crippen LogP contribution in [0.5, 0.6) is 0 Å². The highest BCUT2D eigenvalue weighted by Crippen LogP contribution is 2.12. The summed E-state index contributed by atoms with van der Waals surface area (Å²) in [4.78, 5) is 11.7. The van der Waals surface area contributed by atoms with E-state index in [4.69, 9.17) is 15.2 Å². The lowest BCUT2D eigenvalue weighted by molar-refractivity contribution is -0.146. The molecule has 0 saturated carbocycles. The van der Waals surface area contributed by atoms with Crippen molar-refractivity contribution in [3.63, 3.8) is 0 Å². The SMILES string of the molecule is COC(C)(C)CCOC(=O)[C@H](N)Cc1ccccc1. The van der Waals surface area contributed by atoms with Gasteiger partial charge < -0.3 is 15.2 Å². The maximum absolute atomic E-state index is 11.7. The molecule has 0 aliphatic carbocycles. The van der Waals surface area contributed by atoms with E-state index in [9.17, 15) is 4.79 Å².